The van der Waals surface area contributed by atoms with Crippen LogP contribution in [0.25, 0.3) is 0 Å². The van der Waals surface area contributed by atoms with Gasteiger partial charge in [0.15, 0.2) is 0 Å². The minimum absolute atomic E-state index is 0.320. The van der Waals surface area contributed by atoms with E-state index in [0.29, 0.717) is 11.5 Å². The molecule has 1 aromatic carbocycles. The zero-order chi connectivity index (χ0) is 12.8. The van der Waals surface area contributed by atoms with Gasteiger partial charge in [-0.05, 0) is 30.2 Å². The molecule has 1 saturated carbocycles. The molecule has 100 valence electrons. The summed E-state index contributed by atoms with van der Waals surface area (Å²) in [6.45, 7) is 4.17. The predicted molar refractivity (Wildman–Crippen MR) is 75.6 cm³/mol. The molecule has 0 saturated heterocycles. The Kier molecular flexibility index (Phi) is 4.79. The fourth-order valence-corrected chi connectivity index (χ4v) is 2.80. The van der Waals surface area contributed by atoms with Crippen LogP contribution in [0, 0.1) is 5.41 Å². The molecule has 1 atom stereocenters. The number of ether oxygens (including phenoxy) is 1. The van der Waals surface area contributed by atoms with Crippen molar-refractivity contribution in [2.24, 2.45) is 5.41 Å². The quantitative estimate of drug-likeness (QED) is 0.795. The molecular weight excluding hydrogens is 222 g/mol. The first-order chi connectivity index (χ1) is 8.79. The Morgan fingerprint density at radius 3 is 2.50 bits per heavy atom. The highest BCUT2D eigenvalue weighted by molar-refractivity contribution is 5.19. The molecule has 0 aliphatic heterocycles. The van der Waals surface area contributed by atoms with Gasteiger partial charge in [0, 0.05) is 13.7 Å². The lowest BCUT2D eigenvalue weighted by Crippen LogP contribution is -2.41. The second-order valence-corrected chi connectivity index (χ2v) is 5.51. The van der Waals surface area contributed by atoms with Gasteiger partial charge in [-0.2, -0.15) is 0 Å². The van der Waals surface area contributed by atoms with Gasteiger partial charge < -0.3 is 10.1 Å². The topological polar surface area (TPSA) is 21.3 Å². The summed E-state index contributed by atoms with van der Waals surface area (Å²) < 4.78 is 5.35. The lowest BCUT2D eigenvalue weighted by atomic mass is 9.67. The molecular formula is C16H25NO. The summed E-state index contributed by atoms with van der Waals surface area (Å²) in [4.78, 5) is 0. The van der Waals surface area contributed by atoms with E-state index >= 15 is 0 Å². The zero-order valence-corrected chi connectivity index (χ0v) is 11.6. The van der Waals surface area contributed by atoms with Crippen LogP contribution in [0.5, 0.6) is 0 Å². The molecule has 2 heteroatoms. The molecule has 2 rings (SSSR count). The number of rotatable bonds is 7. The fourth-order valence-electron chi connectivity index (χ4n) is 2.80. The van der Waals surface area contributed by atoms with Crippen molar-refractivity contribution in [2.75, 3.05) is 20.3 Å². The van der Waals surface area contributed by atoms with Crippen LogP contribution >= 0.6 is 0 Å². The predicted octanol–water partition coefficient (Wildman–Crippen LogP) is 3.54. The average Bonchev–Trinajstić information content (AvgIpc) is 2.38. The minimum Gasteiger partial charge on any atom is -0.383 e. The minimum atomic E-state index is 0.320. The van der Waals surface area contributed by atoms with Crippen molar-refractivity contribution in [3.63, 3.8) is 0 Å². The third-order valence-corrected chi connectivity index (χ3v) is 4.42. The normalized spacial score (nSPS) is 19.2. The Labute approximate surface area is 111 Å². The van der Waals surface area contributed by atoms with Crippen molar-refractivity contribution in [1.29, 1.82) is 0 Å². The van der Waals surface area contributed by atoms with Gasteiger partial charge in [-0.15, -0.1) is 0 Å². The number of hydrogen-bond donors (Lipinski definition) is 1. The third kappa shape index (κ3) is 3.12. The molecule has 0 spiro atoms. The van der Waals surface area contributed by atoms with Crippen molar-refractivity contribution in [2.45, 2.75) is 38.6 Å². The van der Waals surface area contributed by atoms with Crippen LogP contribution in [0.3, 0.4) is 0 Å². The van der Waals surface area contributed by atoms with Crippen LogP contribution in [0.15, 0.2) is 30.3 Å². The molecule has 2 nitrogen and oxygen atoms in total. The maximum Gasteiger partial charge on any atom is 0.0657 e. The molecule has 0 amide bonds. The summed E-state index contributed by atoms with van der Waals surface area (Å²) in [5, 5.41) is 3.71. The van der Waals surface area contributed by atoms with Gasteiger partial charge in [-0.25, -0.2) is 0 Å². The zero-order valence-electron chi connectivity index (χ0n) is 11.6. The number of nitrogens with one attached hydrogen (secondary N) is 1. The van der Waals surface area contributed by atoms with Crippen LogP contribution in [0.2, 0.25) is 0 Å². The molecule has 1 unspecified atom stereocenters. The average molecular weight is 247 g/mol. The highest BCUT2D eigenvalue weighted by atomic mass is 16.5. The van der Waals surface area contributed by atoms with E-state index in [1.54, 1.807) is 7.11 Å². The third-order valence-electron chi connectivity index (χ3n) is 4.42. The van der Waals surface area contributed by atoms with E-state index in [9.17, 15) is 0 Å². The van der Waals surface area contributed by atoms with E-state index in [-0.39, 0.29) is 0 Å². The Hall–Kier alpha value is -0.860. The first kappa shape index (κ1) is 13.6. The standard InChI is InChI=1S/C16H25NO/c1-3-16(10-7-11-16)13-17-15(12-18-2)14-8-5-4-6-9-14/h4-6,8-9,15,17H,3,7,10-13H2,1-2H3. The Balaban J connectivity index is 1.94. The van der Waals surface area contributed by atoms with Crippen LogP contribution in [0.4, 0.5) is 0 Å². The van der Waals surface area contributed by atoms with Gasteiger partial charge in [0.1, 0.15) is 0 Å². The van der Waals surface area contributed by atoms with E-state index in [2.05, 4.69) is 42.6 Å². The smallest absolute Gasteiger partial charge is 0.0657 e. The number of methoxy groups -OCH3 is 1. The Morgan fingerprint density at radius 1 is 1.28 bits per heavy atom. The summed E-state index contributed by atoms with van der Waals surface area (Å²) >= 11 is 0. The van der Waals surface area contributed by atoms with Gasteiger partial charge in [0.25, 0.3) is 0 Å². The van der Waals surface area contributed by atoms with Crippen molar-refractivity contribution in [3.05, 3.63) is 35.9 Å². The van der Waals surface area contributed by atoms with Gasteiger partial charge in [0.05, 0.1) is 12.6 Å². The summed E-state index contributed by atoms with van der Waals surface area (Å²) in [7, 11) is 1.77. The monoisotopic (exact) mass is 247 g/mol. The molecule has 0 heterocycles. The Bertz CT molecular complexity index is 340. The molecule has 1 fully saturated rings. The largest absolute Gasteiger partial charge is 0.383 e. The molecule has 0 aromatic heterocycles. The summed E-state index contributed by atoms with van der Waals surface area (Å²) in [6, 6.07) is 10.9. The molecule has 1 aliphatic carbocycles. The lowest BCUT2D eigenvalue weighted by Gasteiger charge is -2.42. The fraction of sp³-hybridized carbons (Fsp3) is 0.625. The molecule has 0 bridgehead atoms. The van der Waals surface area contributed by atoms with Gasteiger partial charge in [-0.3, -0.25) is 0 Å². The molecule has 1 aromatic rings. The van der Waals surface area contributed by atoms with Crippen LogP contribution < -0.4 is 5.32 Å². The van der Waals surface area contributed by atoms with Crippen LogP contribution in [-0.2, 0) is 4.74 Å². The molecule has 18 heavy (non-hydrogen) atoms. The van der Waals surface area contributed by atoms with E-state index in [4.69, 9.17) is 4.74 Å². The van der Waals surface area contributed by atoms with E-state index in [1.807, 2.05) is 0 Å². The van der Waals surface area contributed by atoms with Gasteiger partial charge in [-0.1, -0.05) is 43.7 Å². The van der Waals surface area contributed by atoms with Crippen LogP contribution in [-0.4, -0.2) is 20.3 Å². The van der Waals surface area contributed by atoms with Crippen LogP contribution in [0.1, 0.15) is 44.2 Å². The molecule has 0 radical (unpaired) electrons. The number of benzene rings is 1. The first-order valence-electron chi connectivity index (χ1n) is 7.07. The van der Waals surface area contributed by atoms with Crippen molar-refractivity contribution in [3.8, 4) is 0 Å². The second-order valence-electron chi connectivity index (χ2n) is 5.51. The molecule has 1 N–H and O–H groups in total. The van der Waals surface area contributed by atoms with Gasteiger partial charge in [0.2, 0.25) is 0 Å². The van der Waals surface area contributed by atoms with E-state index in [1.165, 1.54) is 31.2 Å². The van der Waals surface area contributed by atoms with Crippen molar-refractivity contribution < 1.29 is 4.74 Å². The van der Waals surface area contributed by atoms with Crippen molar-refractivity contribution in [1.82, 2.24) is 5.32 Å². The highest BCUT2D eigenvalue weighted by Crippen LogP contribution is 2.43. The SMILES string of the molecule is CCC1(CNC(COC)c2ccccc2)CCC1. The maximum atomic E-state index is 5.35. The van der Waals surface area contributed by atoms with E-state index in [0.717, 1.165) is 13.2 Å². The highest BCUT2D eigenvalue weighted by Gasteiger charge is 2.35. The summed E-state index contributed by atoms with van der Waals surface area (Å²) in [6.07, 6.45) is 5.44. The van der Waals surface area contributed by atoms with Crippen molar-refractivity contribution >= 4 is 0 Å². The summed E-state index contributed by atoms with van der Waals surface area (Å²) in [5.74, 6) is 0. The lowest BCUT2D eigenvalue weighted by molar-refractivity contribution is 0.103. The second kappa shape index (κ2) is 6.35. The van der Waals surface area contributed by atoms with E-state index < -0.39 is 0 Å². The maximum absolute atomic E-state index is 5.35. The first-order valence-corrected chi connectivity index (χ1v) is 7.07. The molecule has 1 aliphatic rings. The summed E-state index contributed by atoms with van der Waals surface area (Å²) in [5.41, 5.74) is 1.88. The number of hydrogen-bond acceptors (Lipinski definition) is 2. The Morgan fingerprint density at radius 2 is 2.00 bits per heavy atom. The van der Waals surface area contributed by atoms with Gasteiger partial charge >= 0.3 is 0 Å².